The maximum Gasteiger partial charge on any atom is 0.160 e. The zero-order valence-corrected chi connectivity index (χ0v) is 27.1. The second-order valence-electron chi connectivity index (χ2n) is 12.8. The molecule has 0 bridgehead atoms. The second-order valence-corrected chi connectivity index (χ2v) is 12.8. The van der Waals surface area contributed by atoms with Gasteiger partial charge in [0.25, 0.3) is 0 Å². The van der Waals surface area contributed by atoms with Gasteiger partial charge >= 0.3 is 0 Å². The molecule has 0 fully saturated rings. The summed E-state index contributed by atoms with van der Waals surface area (Å²) in [6, 6.07) is 62.0. The fourth-order valence-electron chi connectivity index (χ4n) is 7.44. The quantitative estimate of drug-likeness (QED) is 0.181. The van der Waals surface area contributed by atoms with E-state index in [4.69, 9.17) is 15.0 Å². The topological polar surface area (TPSA) is 38.7 Å². The number of rotatable bonds is 4. The molecule has 0 N–H and O–H groups in total. The van der Waals surface area contributed by atoms with Crippen molar-refractivity contribution in [3.8, 4) is 45.0 Å². The number of para-hydroxylation sites is 2. The first-order chi connectivity index (χ1) is 24.8. The van der Waals surface area contributed by atoms with Crippen molar-refractivity contribution in [3.05, 3.63) is 176 Å². The Morgan fingerprint density at radius 3 is 1.72 bits per heavy atom. The molecule has 0 unspecified atom stereocenters. The molecule has 3 nitrogen and oxygen atoms in total. The summed E-state index contributed by atoms with van der Waals surface area (Å²) in [6.45, 7) is 0. The lowest BCUT2D eigenvalue weighted by molar-refractivity contribution is 1.23. The van der Waals surface area contributed by atoms with Crippen LogP contribution in [0.3, 0.4) is 0 Å². The van der Waals surface area contributed by atoms with Gasteiger partial charge in [-0.1, -0.05) is 158 Å². The van der Waals surface area contributed by atoms with E-state index in [1.165, 1.54) is 32.3 Å². The van der Waals surface area contributed by atoms with E-state index in [-0.39, 0.29) is 0 Å². The van der Waals surface area contributed by atoms with Crippen molar-refractivity contribution < 1.29 is 0 Å². The highest BCUT2D eigenvalue weighted by Crippen LogP contribution is 2.39. The minimum atomic E-state index is 0.714. The van der Waals surface area contributed by atoms with Gasteiger partial charge in [-0.05, 0) is 50.9 Å². The molecule has 0 aliphatic heterocycles. The lowest BCUT2D eigenvalue weighted by Gasteiger charge is -2.14. The third-order valence-electron chi connectivity index (χ3n) is 9.85. The summed E-state index contributed by atoms with van der Waals surface area (Å²) in [5.74, 6) is 0.714. The predicted molar refractivity (Wildman–Crippen MR) is 209 cm³/mol. The smallest absolute Gasteiger partial charge is 0.160 e. The predicted octanol–water partition coefficient (Wildman–Crippen LogP) is 12.3. The molecule has 8 aromatic carbocycles. The van der Waals surface area contributed by atoms with E-state index >= 15 is 0 Å². The number of nitrogens with zero attached hydrogens (tertiary/aromatic N) is 3. The van der Waals surface area contributed by atoms with Crippen molar-refractivity contribution >= 4 is 54.1 Å². The number of aromatic nitrogens is 3. The van der Waals surface area contributed by atoms with E-state index in [0.29, 0.717) is 5.82 Å². The molecule has 0 aliphatic carbocycles. The average Bonchev–Trinajstić information content (AvgIpc) is 3.20. The zero-order valence-electron chi connectivity index (χ0n) is 27.1. The molecule has 0 amide bonds. The highest BCUT2D eigenvalue weighted by molar-refractivity contribution is 6.22. The van der Waals surface area contributed by atoms with Gasteiger partial charge < -0.3 is 0 Å². The van der Waals surface area contributed by atoms with Crippen LogP contribution in [0.15, 0.2) is 176 Å². The number of hydrogen-bond donors (Lipinski definition) is 0. The van der Waals surface area contributed by atoms with Crippen LogP contribution in [0.5, 0.6) is 0 Å². The van der Waals surface area contributed by atoms with Crippen molar-refractivity contribution in [1.29, 1.82) is 0 Å². The minimum absolute atomic E-state index is 0.714. The summed E-state index contributed by atoms with van der Waals surface area (Å²) >= 11 is 0. The van der Waals surface area contributed by atoms with E-state index < -0.39 is 0 Å². The first kappa shape index (κ1) is 28.3. The van der Waals surface area contributed by atoms with Crippen LogP contribution in [0.4, 0.5) is 0 Å². The van der Waals surface area contributed by atoms with Gasteiger partial charge in [-0.15, -0.1) is 0 Å². The highest BCUT2D eigenvalue weighted by atomic mass is 14.9. The first-order valence-electron chi connectivity index (χ1n) is 16.9. The highest BCUT2D eigenvalue weighted by Gasteiger charge is 2.16. The lowest BCUT2D eigenvalue weighted by Crippen LogP contribution is -1.96. The Morgan fingerprint density at radius 1 is 0.300 bits per heavy atom. The molecular weight excluding hydrogens is 607 g/mol. The molecule has 10 rings (SSSR count). The largest absolute Gasteiger partial charge is 0.247 e. The molecule has 10 aromatic rings. The molecule has 0 atom stereocenters. The van der Waals surface area contributed by atoms with Crippen molar-refractivity contribution in [2.24, 2.45) is 0 Å². The maximum absolute atomic E-state index is 5.23. The summed E-state index contributed by atoms with van der Waals surface area (Å²) in [4.78, 5) is 15.5. The fraction of sp³-hybridized carbons (Fsp3) is 0. The fourth-order valence-corrected chi connectivity index (χ4v) is 7.44. The molecule has 2 heterocycles. The summed E-state index contributed by atoms with van der Waals surface area (Å²) in [6.07, 6.45) is 0. The Balaban J connectivity index is 1.07. The Hall–Kier alpha value is -6.71. The monoisotopic (exact) mass is 635 g/mol. The molecule has 0 aliphatic rings. The van der Waals surface area contributed by atoms with Gasteiger partial charge in [-0.2, -0.15) is 0 Å². The van der Waals surface area contributed by atoms with Crippen LogP contribution in [0.25, 0.3) is 99.2 Å². The second kappa shape index (κ2) is 11.5. The van der Waals surface area contributed by atoms with Crippen molar-refractivity contribution in [1.82, 2.24) is 15.0 Å². The third-order valence-corrected chi connectivity index (χ3v) is 9.85. The van der Waals surface area contributed by atoms with Crippen LogP contribution in [-0.2, 0) is 0 Å². The Kier molecular flexibility index (Phi) is 6.49. The van der Waals surface area contributed by atoms with Crippen LogP contribution in [0, 0.1) is 0 Å². The van der Waals surface area contributed by atoms with Gasteiger partial charge in [0, 0.05) is 38.2 Å². The van der Waals surface area contributed by atoms with Crippen LogP contribution in [0.1, 0.15) is 0 Å². The van der Waals surface area contributed by atoms with E-state index in [0.717, 1.165) is 61.0 Å². The number of benzene rings is 8. The zero-order chi connectivity index (χ0) is 33.0. The third kappa shape index (κ3) is 4.63. The SMILES string of the molecule is c1cc(-c2ccc(-c3nc(-c4cccc5ccccc45)c4ccccc4n3)cc2)cc(-c2nc3ccccc3c3c2ccc2ccccc23)c1. The van der Waals surface area contributed by atoms with Crippen molar-refractivity contribution in [3.63, 3.8) is 0 Å². The van der Waals surface area contributed by atoms with Crippen LogP contribution < -0.4 is 0 Å². The maximum atomic E-state index is 5.23. The Labute approximate surface area is 289 Å². The molecule has 0 radical (unpaired) electrons. The van der Waals surface area contributed by atoms with E-state index in [2.05, 4.69) is 170 Å². The number of fused-ring (bicyclic) bond motifs is 7. The minimum Gasteiger partial charge on any atom is -0.247 e. The van der Waals surface area contributed by atoms with Crippen molar-refractivity contribution in [2.75, 3.05) is 0 Å². The van der Waals surface area contributed by atoms with Crippen LogP contribution >= 0.6 is 0 Å². The summed E-state index contributed by atoms with van der Waals surface area (Å²) in [5.41, 5.74) is 9.31. The van der Waals surface area contributed by atoms with Gasteiger partial charge in [-0.25, -0.2) is 15.0 Å². The number of hydrogen-bond acceptors (Lipinski definition) is 3. The first-order valence-corrected chi connectivity index (χ1v) is 16.9. The Morgan fingerprint density at radius 2 is 0.900 bits per heavy atom. The normalized spacial score (nSPS) is 11.6. The number of pyridine rings is 1. The summed E-state index contributed by atoms with van der Waals surface area (Å²) in [7, 11) is 0. The molecule has 3 heteroatoms. The molecule has 2 aromatic heterocycles. The molecule has 0 saturated heterocycles. The molecule has 0 spiro atoms. The van der Waals surface area contributed by atoms with Gasteiger partial charge in [0.15, 0.2) is 5.82 Å². The molecule has 0 saturated carbocycles. The molecule has 50 heavy (non-hydrogen) atoms. The van der Waals surface area contributed by atoms with Gasteiger partial charge in [-0.3, -0.25) is 0 Å². The van der Waals surface area contributed by atoms with Crippen LogP contribution in [0.2, 0.25) is 0 Å². The van der Waals surface area contributed by atoms with Crippen molar-refractivity contribution in [2.45, 2.75) is 0 Å². The summed E-state index contributed by atoms with van der Waals surface area (Å²) in [5, 5.41) is 9.48. The standard InChI is InChI=1S/C47H29N3/c1-3-16-36-31(11-1)13-10-20-38(36)46-40-19-6-8-22-43(40)49-47(50-46)33-25-23-30(24-26-33)34-14-9-15-35(29-34)45-41-28-27-32-12-2-4-17-37(32)44(41)39-18-5-7-21-42(39)48-45/h1-29H. The van der Waals surface area contributed by atoms with E-state index in [1.807, 2.05) is 6.07 Å². The van der Waals surface area contributed by atoms with Gasteiger partial charge in [0.1, 0.15) is 0 Å². The lowest BCUT2D eigenvalue weighted by atomic mass is 9.94. The molecular formula is C47H29N3. The van der Waals surface area contributed by atoms with Gasteiger partial charge in [0.05, 0.1) is 22.4 Å². The van der Waals surface area contributed by atoms with E-state index in [9.17, 15) is 0 Å². The Bertz CT molecular complexity index is 2910. The molecule has 232 valence electrons. The summed E-state index contributed by atoms with van der Waals surface area (Å²) < 4.78 is 0. The average molecular weight is 636 g/mol. The van der Waals surface area contributed by atoms with Crippen LogP contribution in [-0.4, -0.2) is 15.0 Å². The van der Waals surface area contributed by atoms with E-state index in [1.54, 1.807) is 0 Å². The van der Waals surface area contributed by atoms with Gasteiger partial charge in [0.2, 0.25) is 0 Å².